The van der Waals surface area contributed by atoms with Crippen LogP contribution in [0.2, 0.25) is 0 Å². The molecule has 1 saturated heterocycles. The molecular weight excluding hydrogens is 256 g/mol. The zero-order chi connectivity index (χ0) is 13.8. The number of hydrogen-bond donors (Lipinski definition) is 0. The number of hydrogen-bond acceptors (Lipinski definition) is 6. The van der Waals surface area contributed by atoms with Gasteiger partial charge in [-0.3, -0.25) is 0 Å². The van der Waals surface area contributed by atoms with E-state index >= 15 is 0 Å². The number of furan rings is 1. The molecule has 0 amide bonds. The summed E-state index contributed by atoms with van der Waals surface area (Å²) in [6, 6.07) is 5.86. The van der Waals surface area contributed by atoms with Crippen molar-refractivity contribution in [2.75, 3.05) is 43.2 Å². The number of morpholine rings is 1. The molecule has 1 aliphatic heterocycles. The largest absolute Gasteiger partial charge is 0.467 e. The Bertz CT molecular complexity index is 538. The summed E-state index contributed by atoms with van der Waals surface area (Å²) >= 11 is 0. The molecule has 3 rings (SSSR count). The van der Waals surface area contributed by atoms with Gasteiger partial charge in [-0.2, -0.15) is 0 Å². The van der Waals surface area contributed by atoms with Crippen molar-refractivity contribution in [3.63, 3.8) is 0 Å². The van der Waals surface area contributed by atoms with Crippen molar-refractivity contribution in [3.8, 4) is 0 Å². The average Bonchev–Trinajstić information content (AvgIpc) is 3.01. The van der Waals surface area contributed by atoms with E-state index in [2.05, 4.69) is 14.9 Å². The van der Waals surface area contributed by atoms with E-state index in [0.29, 0.717) is 6.54 Å². The molecule has 0 aromatic carbocycles. The molecule has 3 heterocycles. The predicted octanol–water partition coefficient (Wildman–Crippen LogP) is 1.54. The monoisotopic (exact) mass is 274 g/mol. The second kappa shape index (κ2) is 5.92. The summed E-state index contributed by atoms with van der Waals surface area (Å²) in [4.78, 5) is 12.9. The minimum Gasteiger partial charge on any atom is -0.467 e. The van der Waals surface area contributed by atoms with Crippen molar-refractivity contribution in [2.45, 2.75) is 6.54 Å². The van der Waals surface area contributed by atoms with Crippen LogP contribution in [0.4, 0.5) is 11.6 Å². The summed E-state index contributed by atoms with van der Waals surface area (Å²) in [6.07, 6.45) is 3.29. The van der Waals surface area contributed by atoms with E-state index in [4.69, 9.17) is 9.15 Å². The molecule has 6 nitrogen and oxygen atoms in total. The Kier molecular flexibility index (Phi) is 3.83. The lowest BCUT2D eigenvalue weighted by Crippen LogP contribution is -2.36. The summed E-state index contributed by atoms with van der Waals surface area (Å²) in [6.45, 7) is 3.94. The standard InChI is InChI=1S/C14H18N4O2/c1-17(10-12-3-2-6-20-12)13-9-14(16-11-15-13)18-4-7-19-8-5-18/h2-3,6,9,11H,4-5,7-8,10H2,1H3. The molecule has 0 aliphatic carbocycles. The molecule has 0 spiro atoms. The predicted molar refractivity (Wildman–Crippen MR) is 75.9 cm³/mol. The first-order valence-electron chi connectivity index (χ1n) is 6.71. The van der Waals surface area contributed by atoms with Crippen LogP contribution in [0.5, 0.6) is 0 Å². The first-order valence-corrected chi connectivity index (χ1v) is 6.71. The Labute approximate surface area is 118 Å². The number of ether oxygens (including phenoxy) is 1. The molecule has 106 valence electrons. The van der Waals surface area contributed by atoms with E-state index in [1.165, 1.54) is 0 Å². The maximum atomic E-state index is 5.36. The van der Waals surface area contributed by atoms with Gasteiger partial charge in [0.15, 0.2) is 0 Å². The van der Waals surface area contributed by atoms with Gasteiger partial charge in [0.2, 0.25) is 0 Å². The van der Waals surface area contributed by atoms with E-state index in [1.54, 1.807) is 12.6 Å². The van der Waals surface area contributed by atoms with Gasteiger partial charge >= 0.3 is 0 Å². The summed E-state index contributed by atoms with van der Waals surface area (Å²) in [5, 5.41) is 0. The maximum absolute atomic E-state index is 5.36. The summed E-state index contributed by atoms with van der Waals surface area (Å²) in [5.41, 5.74) is 0. The number of anilines is 2. The summed E-state index contributed by atoms with van der Waals surface area (Å²) < 4.78 is 10.7. The third kappa shape index (κ3) is 2.91. The van der Waals surface area contributed by atoms with Gasteiger partial charge in [0.05, 0.1) is 26.0 Å². The zero-order valence-corrected chi connectivity index (χ0v) is 11.5. The Morgan fingerprint density at radius 1 is 1.30 bits per heavy atom. The van der Waals surface area contributed by atoms with Crippen LogP contribution in [0.1, 0.15) is 5.76 Å². The Morgan fingerprint density at radius 2 is 2.15 bits per heavy atom. The van der Waals surface area contributed by atoms with Gasteiger partial charge in [0.25, 0.3) is 0 Å². The van der Waals surface area contributed by atoms with Crippen molar-refractivity contribution in [1.82, 2.24) is 9.97 Å². The lowest BCUT2D eigenvalue weighted by atomic mass is 10.3. The second-order valence-corrected chi connectivity index (χ2v) is 4.77. The fraction of sp³-hybridized carbons (Fsp3) is 0.429. The molecule has 0 atom stereocenters. The van der Waals surface area contributed by atoms with Crippen molar-refractivity contribution >= 4 is 11.6 Å². The Balaban J connectivity index is 1.72. The zero-order valence-electron chi connectivity index (χ0n) is 11.5. The fourth-order valence-electron chi connectivity index (χ4n) is 2.23. The van der Waals surface area contributed by atoms with Crippen LogP contribution in [0.15, 0.2) is 35.2 Å². The fourth-order valence-corrected chi connectivity index (χ4v) is 2.23. The summed E-state index contributed by atoms with van der Waals surface area (Å²) in [7, 11) is 1.99. The third-order valence-electron chi connectivity index (χ3n) is 3.34. The Hall–Kier alpha value is -2.08. The van der Waals surface area contributed by atoms with Crippen LogP contribution in [-0.2, 0) is 11.3 Å². The molecule has 2 aromatic rings. The van der Waals surface area contributed by atoms with Gasteiger partial charge < -0.3 is 19.0 Å². The van der Waals surface area contributed by atoms with Gasteiger partial charge in [-0.1, -0.05) is 0 Å². The van der Waals surface area contributed by atoms with Crippen LogP contribution in [0.25, 0.3) is 0 Å². The highest BCUT2D eigenvalue weighted by molar-refractivity contribution is 5.49. The van der Waals surface area contributed by atoms with Gasteiger partial charge in [0.1, 0.15) is 23.7 Å². The van der Waals surface area contributed by atoms with Gasteiger partial charge in [-0.15, -0.1) is 0 Å². The highest BCUT2D eigenvalue weighted by Gasteiger charge is 2.14. The molecule has 0 N–H and O–H groups in total. The average molecular weight is 274 g/mol. The number of nitrogens with zero attached hydrogens (tertiary/aromatic N) is 4. The normalized spacial score (nSPS) is 15.3. The van der Waals surface area contributed by atoms with Crippen LogP contribution in [0.3, 0.4) is 0 Å². The highest BCUT2D eigenvalue weighted by atomic mass is 16.5. The minimum absolute atomic E-state index is 0.687. The first-order chi connectivity index (χ1) is 9.83. The number of aromatic nitrogens is 2. The van der Waals surface area contributed by atoms with E-state index in [9.17, 15) is 0 Å². The smallest absolute Gasteiger partial charge is 0.134 e. The van der Waals surface area contributed by atoms with Gasteiger partial charge in [-0.05, 0) is 12.1 Å². The summed E-state index contributed by atoms with van der Waals surface area (Å²) in [5.74, 6) is 2.75. The molecular formula is C14H18N4O2. The van der Waals surface area contributed by atoms with E-state index in [-0.39, 0.29) is 0 Å². The second-order valence-electron chi connectivity index (χ2n) is 4.77. The molecule has 0 unspecified atom stereocenters. The van der Waals surface area contributed by atoms with Crippen LogP contribution >= 0.6 is 0 Å². The Morgan fingerprint density at radius 3 is 2.90 bits per heavy atom. The van der Waals surface area contributed by atoms with Crippen molar-refractivity contribution < 1.29 is 9.15 Å². The van der Waals surface area contributed by atoms with Gasteiger partial charge in [-0.25, -0.2) is 9.97 Å². The quantitative estimate of drug-likeness (QED) is 0.843. The van der Waals surface area contributed by atoms with Crippen molar-refractivity contribution in [1.29, 1.82) is 0 Å². The lowest BCUT2D eigenvalue weighted by molar-refractivity contribution is 0.122. The van der Waals surface area contributed by atoms with Crippen molar-refractivity contribution in [3.05, 3.63) is 36.5 Å². The molecule has 6 heteroatoms. The van der Waals surface area contributed by atoms with Crippen molar-refractivity contribution in [2.24, 2.45) is 0 Å². The maximum Gasteiger partial charge on any atom is 0.134 e. The SMILES string of the molecule is CN(Cc1ccco1)c1cc(N2CCOCC2)ncn1. The molecule has 1 aliphatic rings. The molecule has 0 bridgehead atoms. The first kappa shape index (κ1) is 12.9. The molecule has 20 heavy (non-hydrogen) atoms. The van der Waals surface area contributed by atoms with E-state index in [0.717, 1.165) is 43.7 Å². The van der Waals surface area contributed by atoms with E-state index < -0.39 is 0 Å². The minimum atomic E-state index is 0.687. The molecule has 1 fully saturated rings. The van der Waals surface area contributed by atoms with Crippen LogP contribution < -0.4 is 9.80 Å². The molecule has 2 aromatic heterocycles. The topological polar surface area (TPSA) is 54.6 Å². The molecule has 0 radical (unpaired) electrons. The third-order valence-corrected chi connectivity index (χ3v) is 3.34. The number of rotatable bonds is 4. The highest BCUT2D eigenvalue weighted by Crippen LogP contribution is 2.19. The lowest BCUT2D eigenvalue weighted by Gasteiger charge is -2.28. The molecule has 0 saturated carbocycles. The van der Waals surface area contributed by atoms with E-state index in [1.807, 2.05) is 30.1 Å². The van der Waals surface area contributed by atoms with Crippen LogP contribution in [-0.4, -0.2) is 43.3 Å². The van der Waals surface area contributed by atoms with Gasteiger partial charge in [0, 0.05) is 26.2 Å². The van der Waals surface area contributed by atoms with Crippen LogP contribution in [0, 0.1) is 0 Å².